The molecule has 0 aromatic heterocycles. The fourth-order valence-electron chi connectivity index (χ4n) is 1.86. The van der Waals surface area contributed by atoms with E-state index in [1.807, 2.05) is 43.3 Å². The summed E-state index contributed by atoms with van der Waals surface area (Å²) in [5.74, 6) is 6.15. The summed E-state index contributed by atoms with van der Waals surface area (Å²) in [6.45, 7) is 2.04. The van der Waals surface area contributed by atoms with E-state index in [2.05, 4.69) is 21.9 Å². The Hall–Kier alpha value is -2.40. The lowest BCUT2D eigenvalue weighted by Gasteiger charge is -2.07. The Morgan fingerprint density at radius 1 is 1.14 bits per heavy atom. The van der Waals surface area contributed by atoms with Gasteiger partial charge in [-0.25, -0.2) is 0 Å². The van der Waals surface area contributed by atoms with E-state index in [1.165, 1.54) is 5.56 Å². The highest BCUT2D eigenvalue weighted by atomic mass is 35.5. The summed E-state index contributed by atoms with van der Waals surface area (Å²) >= 11 is 5.86. The summed E-state index contributed by atoms with van der Waals surface area (Å²) in [7, 11) is 0. The van der Waals surface area contributed by atoms with Crippen LogP contribution in [0.15, 0.2) is 53.6 Å². The number of hydrogen-bond acceptors (Lipinski definition) is 1. The van der Waals surface area contributed by atoms with E-state index < -0.39 is 0 Å². The first-order valence-electron chi connectivity index (χ1n) is 6.54. The first kappa shape index (κ1) is 15.0. The minimum absolute atomic E-state index is 0.301. The van der Waals surface area contributed by atoms with Crippen molar-refractivity contribution in [1.82, 2.24) is 0 Å². The fourth-order valence-corrected chi connectivity index (χ4v) is 1.99. The molecule has 0 amide bonds. The zero-order chi connectivity index (χ0) is 15.1. The molecular formula is C17H14ClN3. The topological polar surface area (TPSA) is 48.8 Å². The van der Waals surface area contributed by atoms with Crippen molar-refractivity contribution < 1.29 is 0 Å². The number of hydrogen-bond donors (Lipinski definition) is 0. The summed E-state index contributed by atoms with van der Waals surface area (Å²) in [6.07, 6.45) is 0.472. The van der Waals surface area contributed by atoms with Crippen molar-refractivity contribution in [1.29, 1.82) is 0 Å². The van der Waals surface area contributed by atoms with Crippen molar-refractivity contribution >= 4 is 11.6 Å². The highest BCUT2D eigenvalue weighted by Crippen LogP contribution is 2.22. The second-order valence-electron chi connectivity index (χ2n) is 4.64. The van der Waals surface area contributed by atoms with Crippen molar-refractivity contribution in [2.24, 2.45) is 5.11 Å². The number of benzene rings is 2. The van der Waals surface area contributed by atoms with Crippen LogP contribution in [0.4, 0.5) is 0 Å². The van der Waals surface area contributed by atoms with Gasteiger partial charge in [0, 0.05) is 21.9 Å². The second-order valence-corrected chi connectivity index (χ2v) is 5.08. The van der Waals surface area contributed by atoms with Crippen LogP contribution in [0.5, 0.6) is 0 Å². The van der Waals surface area contributed by atoms with Gasteiger partial charge in [0.15, 0.2) is 0 Å². The normalized spacial score (nSPS) is 11.0. The molecule has 0 heterocycles. The summed E-state index contributed by atoms with van der Waals surface area (Å²) in [6, 6.07) is 15.0. The maximum Gasteiger partial charge on any atom is 0.0734 e. The van der Waals surface area contributed by atoms with Crippen LogP contribution in [0.2, 0.25) is 5.02 Å². The molecule has 0 fully saturated rings. The van der Waals surface area contributed by atoms with Crippen LogP contribution in [-0.4, -0.2) is 0 Å². The Balaban J connectivity index is 2.12. The molecule has 2 aromatic carbocycles. The second kappa shape index (κ2) is 7.40. The van der Waals surface area contributed by atoms with E-state index in [0.29, 0.717) is 11.4 Å². The number of aryl methyl sites for hydroxylation is 1. The molecule has 2 rings (SSSR count). The third-order valence-corrected chi connectivity index (χ3v) is 3.28. The lowest BCUT2D eigenvalue weighted by Crippen LogP contribution is -1.92. The van der Waals surface area contributed by atoms with Gasteiger partial charge >= 0.3 is 0 Å². The number of azide groups is 1. The van der Waals surface area contributed by atoms with Gasteiger partial charge in [-0.1, -0.05) is 58.4 Å². The molecule has 3 nitrogen and oxygen atoms in total. The Morgan fingerprint density at radius 3 is 2.43 bits per heavy atom. The number of rotatable bonds is 3. The predicted molar refractivity (Wildman–Crippen MR) is 86.0 cm³/mol. The maximum atomic E-state index is 8.68. The monoisotopic (exact) mass is 295 g/mol. The highest BCUT2D eigenvalue weighted by molar-refractivity contribution is 6.30. The largest absolute Gasteiger partial charge is 0.0971 e. The molecule has 0 bridgehead atoms. The van der Waals surface area contributed by atoms with Crippen LogP contribution < -0.4 is 0 Å². The molecule has 0 saturated heterocycles. The van der Waals surface area contributed by atoms with Crippen LogP contribution in [0.3, 0.4) is 0 Å². The van der Waals surface area contributed by atoms with Gasteiger partial charge < -0.3 is 0 Å². The zero-order valence-electron chi connectivity index (χ0n) is 11.6. The fraction of sp³-hybridized carbons (Fsp3) is 0.176. The van der Waals surface area contributed by atoms with Crippen molar-refractivity contribution in [2.75, 3.05) is 0 Å². The summed E-state index contributed by atoms with van der Waals surface area (Å²) in [4.78, 5) is 2.90. The Labute approximate surface area is 129 Å². The molecule has 0 N–H and O–H groups in total. The van der Waals surface area contributed by atoms with E-state index in [4.69, 9.17) is 17.1 Å². The lowest BCUT2D eigenvalue weighted by molar-refractivity contribution is 0.746. The van der Waals surface area contributed by atoms with Crippen LogP contribution >= 0.6 is 11.6 Å². The SMILES string of the molecule is Cc1ccc(C#CCC(N=[N+]=[N-])c2ccc(Cl)cc2)cc1. The maximum absolute atomic E-state index is 8.68. The minimum Gasteiger partial charge on any atom is -0.0971 e. The Morgan fingerprint density at radius 2 is 1.81 bits per heavy atom. The molecule has 1 atom stereocenters. The lowest BCUT2D eigenvalue weighted by atomic mass is 10.0. The molecule has 0 aliphatic rings. The molecule has 104 valence electrons. The average molecular weight is 296 g/mol. The first-order valence-corrected chi connectivity index (χ1v) is 6.92. The van der Waals surface area contributed by atoms with Crippen molar-refractivity contribution in [3.63, 3.8) is 0 Å². The molecule has 4 heteroatoms. The van der Waals surface area contributed by atoms with E-state index in [0.717, 1.165) is 11.1 Å². The minimum atomic E-state index is -0.301. The molecule has 0 spiro atoms. The number of halogens is 1. The van der Waals surface area contributed by atoms with Crippen LogP contribution in [0.1, 0.15) is 29.2 Å². The van der Waals surface area contributed by atoms with Crippen molar-refractivity contribution in [3.8, 4) is 11.8 Å². The van der Waals surface area contributed by atoms with Crippen molar-refractivity contribution in [3.05, 3.63) is 80.7 Å². The van der Waals surface area contributed by atoms with E-state index >= 15 is 0 Å². The smallest absolute Gasteiger partial charge is 0.0734 e. The third kappa shape index (κ3) is 4.57. The van der Waals surface area contributed by atoms with Crippen LogP contribution in [-0.2, 0) is 0 Å². The van der Waals surface area contributed by atoms with Gasteiger partial charge in [-0.05, 0) is 42.3 Å². The van der Waals surface area contributed by atoms with E-state index in [1.54, 1.807) is 12.1 Å². The molecule has 0 radical (unpaired) electrons. The molecule has 2 aromatic rings. The van der Waals surface area contributed by atoms with Crippen LogP contribution in [0, 0.1) is 18.8 Å². The molecule has 0 aliphatic carbocycles. The predicted octanol–water partition coefficient (Wildman–Crippen LogP) is 5.44. The van der Waals surface area contributed by atoms with E-state index in [-0.39, 0.29) is 6.04 Å². The van der Waals surface area contributed by atoms with Crippen molar-refractivity contribution in [2.45, 2.75) is 19.4 Å². The standard InChI is InChI=1S/C17H14ClN3/c1-13-5-7-14(8-6-13)3-2-4-17(20-21-19)15-9-11-16(18)12-10-15/h5-12,17H,4H2,1H3. The van der Waals surface area contributed by atoms with Gasteiger partial charge in [0.05, 0.1) is 6.04 Å². The van der Waals surface area contributed by atoms with Gasteiger partial charge in [0.2, 0.25) is 0 Å². The summed E-state index contributed by atoms with van der Waals surface area (Å²) < 4.78 is 0. The van der Waals surface area contributed by atoms with Gasteiger partial charge in [-0.3, -0.25) is 0 Å². The first-order chi connectivity index (χ1) is 10.2. The van der Waals surface area contributed by atoms with Gasteiger partial charge in [0.1, 0.15) is 0 Å². The summed E-state index contributed by atoms with van der Waals surface area (Å²) in [5, 5.41) is 4.46. The van der Waals surface area contributed by atoms with Gasteiger partial charge in [0.25, 0.3) is 0 Å². The summed E-state index contributed by atoms with van der Waals surface area (Å²) in [5.41, 5.74) is 11.8. The molecular weight excluding hydrogens is 282 g/mol. The number of nitrogens with zero attached hydrogens (tertiary/aromatic N) is 3. The molecule has 1 unspecified atom stereocenters. The quantitative estimate of drug-likeness (QED) is 0.313. The molecule has 0 aliphatic heterocycles. The highest BCUT2D eigenvalue weighted by Gasteiger charge is 2.07. The molecule has 21 heavy (non-hydrogen) atoms. The zero-order valence-corrected chi connectivity index (χ0v) is 12.4. The average Bonchev–Trinajstić information content (AvgIpc) is 2.49. The van der Waals surface area contributed by atoms with Gasteiger partial charge in [-0.15, -0.1) is 0 Å². The van der Waals surface area contributed by atoms with E-state index in [9.17, 15) is 0 Å². The third-order valence-electron chi connectivity index (χ3n) is 3.03. The molecule has 0 saturated carbocycles. The van der Waals surface area contributed by atoms with Crippen LogP contribution in [0.25, 0.3) is 10.4 Å². The Kier molecular flexibility index (Phi) is 5.29. The Bertz CT molecular complexity index is 702. The van der Waals surface area contributed by atoms with Gasteiger partial charge in [-0.2, -0.15) is 0 Å².